The van der Waals surface area contributed by atoms with Crippen LogP contribution in [0.2, 0.25) is 10.0 Å². The minimum absolute atomic E-state index is 0.281. The average molecular weight is 331 g/mol. The standard InChI is InChI=1S/C15H20Cl2N2O2/c1-3-21-14(20)15(2,19-8-6-18-7-9-19)12-5-4-11(16)10-13(12)17/h4-5,10,18H,3,6-9H2,1-2H3. The Morgan fingerprint density at radius 2 is 2.05 bits per heavy atom. The van der Waals surface area contributed by atoms with Crippen molar-refractivity contribution < 1.29 is 9.53 Å². The van der Waals surface area contributed by atoms with Crippen LogP contribution in [-0.2, 0) is 15.1 Å². The highest BCUT2D eigenvalue weighted by Gasteiger charge is 2.44. The first-order valence-electron chi connectivity index (χ1n) is 7.08. The van der Waals surface area contributed by atoms with E-state index < -0.39 is 5.54 Å². The molecule has 0 saturated carbocycles. The van der Waals surface area contributed by atoms with Crippen LogP contribution in [0.15, 0.2) is 18.2 Å². The number of hydrogen-bond acceptors (Lipinski definition) is 4. The molecular weight excluding hydrogens is 311 g/mol. The molecule has 1 fully saturated rings. The molecular formula is C15H20Cl2N2O2. The van der Waals surface area contributed by atoms with Crippen molar-refractivity contribution in [3.63, 3.8) is 0 Å². The number of ether oxygens (including phenoxy) is 1. The second-order valence-corrected chi connectivity index (χ2v) is 6.00. The number of carbonyl (C=O) groups is 1. The highest BCUT2D eigenvalue weighted by Crippen LogP contribution is 2.36. The molecule has 0 bridgehead atoms. The largest absolute Gasteiger partial charge is 0.464 e. The normalized spacial score (nSPS) is 19.0. The summed E-state index contributed by atoms with van der Waals surface area (Å²) in [6.07, 6.45) is 0. The lowest BCUT2D eigenvalue weighted by Gasteiger charge is -2.42. The molecule has 0 amide bonds. The molecule has 1 saturated heterocycles. The number of carbonyl (C=O) groups excluding carboxylic acids is 1. The lowest BCUT2D eigenvalue weighted by Crippen LogP contribution is -2.57. The third kappa shape index (κ3) is 3.34. The van der Waals surface area contributed by atoms with Crippen molar-refractivity contribution in [3.8, 4) is 0 Å². The number of esters is 1. The minimum atomic E-state index is -0.903. The summed E-state index contributed by atoms with van der Waals surface area (Å²) in [5, 5.41) is 4.32. The number of benzene rings is 1. The van der Waals surface area contributed by atoms with E-state index in [9.17, 15) is 4.79 Å². The monoisotopic (exact) mass is 330 g/mol. The van der Waals surface area contributed by atoms with Gasteiger partial charge in [0.25, 0.3) is 0 Å². The molecule has 0 spiro atoms. The second-order valence-electron chi connectivity index (χ2n) is 5.15. The topological polar surface area (TPSA) is 41.6 Å². The van der Waals surface area contributed by atoms with Crippen molar-refractivity contribution in [1.82, 2.24) is 10.2 Å². The van der Waals surface area contributed by atoms with Gasteiger partial charge in [0.15, 0.2) is 0 Å². The van der Waals surface area contributed by atoms with Crippen LogP contribution < -0.4 is 5.32 Å². The van der Waals surface area contributed by atoms with Crippen LogP contribution in [0.3, 0.4) is 0 Å². The van der Waals surface area contributed by atoms with E-state index >= 15 is 0 Å². The Balaban J connectivity index is 2.45. The Hall–Kier alpha value is -0.810. The highest BCUT2D eigenvalue weighted by atomic mass is 35.5. The molecule has 0 aliphatic carbocycles. The van der Waals surface area contributed by atoms with Crippen LogP contribution in [-0.4, -0.2) is 43.7 Å². The molecule has 1 unspecified atom stereocenters. The lowest BCUT2D eigenvalue weighted by atomic mass is 9.89. The quantitative estimate of drug-likeness (QED) is 0.862. The van der Waals surface area contributed by atoms with Crippen LogP contribution in [0.5, 0.6) is 0 Å². The maximum absolute atomic E-state index is 12.6. The zero-order chi connectivity index (χ0) is 15.5. The van der Waals surface area contributed by atoms with Crippen molar-refractivity contribution in [2.24, 2.45) is 0 Å². The van der Waals surface area contributed by atoms with E-state index in [2.05, 4.69) is 10.2 Å². The van der Waals surface area contributed by atoms with E-state index in [1.54, 1.807) is 19.1 Å². The van der Waals surface area contributed by atoms with Gasteiger partial charge in [0.1, 0.15) is 5.54 Å². The molecule has 0 radical (unpaired) electrons. The molecule has 1 aromatic carbocycles. The average Bonchev–Trinajstić information content (AvgIpc) is 2.47. The lowest BCUT2D eigenvalue weighted by molar-refractivity contribution is -0.158. The van der Waals surface area contributed by atoms with Crippen molar-refractivity contribution in [2.45, 2.75) is 19.4 Å². The summed E-state index contributed by atoms with van der Waals surface area (Å²) in [6.45, 7) is 7.19. The highest BCUT2D eigenvalue weighted by molar-refractivity contribution is 6.35. The van der Waals surface area contributed by atoms with Gasteiger partial charge in [-0.05, 0) is 26.0 Å². The third-order valence-electron chi connectivity index (χ3n) is 3.88. The fraction of sp³-hybridized carbons (Fsp3) is 0.533. The van der Waals surface area contributed by atoms with Gasteiger partial charge in [-0.25, -0.2) is 4.79 Å². The molecule has 1 N–H and O–H groups in total. The van der Waals surface area contributed by atoms with Crippen molar-refractivity contribution in [3.05, 3.63) is 33.8 Å². The van der Waals surface area contributed by atoms with Crippen LogP contribution in [0, 0.1) is 0 Å². The molecule has 1 aliphatic rings. The summed E-state index contributed by atoms with van der Waals surface area (Å²) in [5.41, 5.74) is -0.173. The predicted molar refractivity (Wildman–Crippen MR) is 84.9 cm³/mol. The predicted octanol–water partition coefficient (Wildman–Crippen LogP) is 2.68. The Kier molecular flexibility index (Phi) is 5.49. The van der Waals surface area contributed by atoms with Gasteiger partial charge < -0.3 is 10.1 Å². The van der Waals surface area contributed by atoms with Crippen LogP contribution in [0.25, 0.3) is 0 Å². The first-order chi connectivity index (χ1) is 10.00. The van der Waals surface area contributed by atoms with Gasteiger partial charge in [0.2, 0.25) is 0 Å². The molecule has 2 rings (SSSR count). The number of nitrogens with one attached hydrogen (secondary N) is 1. The molecule has 1 heterocycles. The molecule has 116 valence electrons. The van der Waals surface area contributed by atoms with E-state index in [4.69, 9.17) is 27.9 Å². The number of halogens is 2. The Morgan fingerprint density at radius 3 is 2.62 bits per heavy atom. The zero-order valence-electron chi connectivity index (χ0n) is 12.3. The summed E-state index contributed by atoms with van der Waals surface area (Å²) in [6, 6.07) is 5.23. The van der Waals surface area contributed by atoms with E-state index in [1.165, 1.54) is 0 Å². The Bertz CT molecular complexity index is 518. The van der Waals surface area contributed by atoms with Gasteiger partial charge in [-0.3, -0.25) is 4.90 Å². The maximum atomic E-state index is 12.6. The summed E-state index contributed by atoms with van der Waals surface area (Å²) in [4.78, 5) is 14.7. The van der Waals surface area contributed by atoms with E-state index in [-0.39, 0.29) is 5.97 Å². The summed E-state index contributed by atoms with van der Waals surface area (Å²) in [5.74, 6) is -0.281. The van der Waals surface area contributed by atoms with Gasteiger partial charge in [-0.15, -0.1) is 0 Å². The number of hydrogen-bond donors (Lipinski definition) is 1. The molecule has 21 heavy (non-hydrogen) atoms. The summed E-state index contributed by atoms with van der Waals surface area (Å²) in [7, 11) is 0. The minimum Gasteiger partial charge on any atom is -0.464 e. The number of piperazine rings is 1. The van der Waals surface area contributed by atoms with Gasteiger partial charge in [0.05, 0.1) is 6.61 Å². The summed E-state index contributed by atoms with van der Waals surface area (Å²) < 4.78 is 5.31. The van der Waals surface area contributed by atoms with Gasteiger partial charge >= 0.3 is 5.97 Å². The SMILES string of the molecule is CCOC(=O)C(C)(c1ccc(Cl)cc1Cl)N1CCNCC1. The first-order valence-corrected chi connectivity index (χ1v) is 7.84. The maximum Gasteiger partial charge on any atom is 0.330 e. The molecule has 1 aromatic rings. The molecule has 1 aliphatic heterocycles. The molecule has 6 heteroatoms. The summed E-state index contributed by atoms with van der Waals surface area (Å²) >= 11 is 12.3. The molecule has 0 aromatic heterocycles. The molecule has 1 atom stereocenters. The fourth-order valence-electron chi connectivity index (χ4n) is 2.68. The van der Waals surface area contributed by atoms with E-state index in [0.29, 0.717) is 16.7 Å². The first kappa shape index (κ1) is 16.6. The van der Waals surface area contributed by atoms with Gasteiger partial charge in [-0.1, -0.05) is 29.3 Å². The fourth-order valence-corrected chi connectivity index (χ4v) is 3.27. The third-order valence-corrected chi connectivity index (χ3v) is 4.43. The van der Waals surface area contributed by atoms with Crippen molar-refractivity contribution in [2.75, 3.05) is 32.8 Å². The molecule has 4 nitrogen and oxygen atoms in total. The number of nitrogens with zero attached hydrogens (tertiary/aromatic N) is 1. The van der Waals surface area contributed by atoms with Crippen LogP contribution in [0.1, 0.15) is 19.4 Å². The van der Waals surface area contributed by atoms with E-state index in [1.807, 2.05) is 13.0 Å². The van der Waals surface area contributed by atoms with Crippen molar-refractivity contribution >= 4 is 29.2 Å². The van der Waals surface area contributed by atoms with E-state index in [0.717, 1.165) is 31.7 Å². The second kappa shape index (κ2) is 6.97. The zero-order valence-corrected chi connectivity index (χ0v) is 13.8. The van der Waals surface area contributed by atoms with Crippen molar-refractivity contribution in [1.29, 1.82) is 0 Å². The smallest absolute Gasteiger partial charge is 0.330 e. The van der Waals surface area contributed by atoms with Gasteiger partial charge in [0, 0.05) is 41.8 Å². The van der Waals surface area contributed by atoms with Gasteiger partial charge in [-0.2, -0.15) is 0 Å². The number of rotatable bonds is 4. The van der Waals surface area contributed by atoms with Crippen LogP contribution in [0.4, 0.5) is 0 Å². The Labute approximate surface area is 135 Å². The Morgan fingerprint density at radius 1 is 1.38 bits per heavy atom. The van der Waals surface area contributed by atoms with Crippen LogP contribution >= 0.6 is 23.2 Å².